The van der Waals surface area contributed by atoms with Crippen LogP contribution in [0.15, 0.2) is 42.5 Å². The first kappa shape index (κ1) is 21.3. The van der Waals surface area contributed by atoms with Crippen molar-refractivity contribution in [1.29, 1.82) is 0 Å². The van der Waals surface area contributed by atoms with Gasteiger partial charge in [-0.15, -0.1) is 0 Å². The second-order valence-corrected chi connectivity index (χ2v) is 9.29. The van der Waals surface area contributed by atoms with Gasteiger partial charge in [0.2, 0.25) is 0 Å². The van der Waals surface area contributed by atoms with Gasteiger partial charge in [0, 0.05) is 26.1 Å². The van der Waals surface area contributed by atoms with Crippen molar-refractivity contribution in [2.75, 3.05) is 19.6 Å². The van der Waals surface area contributed by atoms with Crippen LogP contribution in [0.3, 0.4) is 0 Å². The molecule has 2 heterocycles. The Bertz CT molecular complexity index is 847. The van der Waals surface area contributed by atoms with Crippen molar-refractivity contribution in [1.82, 2.24) is 10.2 Å². The fraction of sp³-hybridized carbons (Fsp3) is 0.519. The lowest BCUT2D eigenvalue weighted by atomic mass is 9.77. The second-order valence-electron chi connectivity index (χ2n) is 9.29. The second kappa shape index (κ2) is 10.4. The SMILES string of the molecule is Cc1cccc(CN2CCC(CCCC=O)C(c3ccc4c(c3)CNCCC4)C2)c1. The van der Waals surface area contributed by atoms with E-state index in [2.05, 4.69) is 59.6 Å². The van der Waals surface area contributed by atoms with E-state index in [9.17, 15) is 4.79 Å². The van der Waals surface area contributed by atoms with E-state index in [0.29, 0.717) is 18.3 Å². The number of benzene rings is 2. The highest BCUT2D eigenvalue weighted by Crippen LogP contribution is 2.37. The molecule has 0 amide bonds. The maximum absolute atomic E-state index is 10.9. The molecule has 3 heteroatoms. The van der Waals surface area contributed by atoms with E-state index in [1.54, 1.807) is 0 Å². The van der Waals surface area contributed by atoms with Gasteiger partial charge in [0.25, 0.3) is 0 Å². The summed E-state index contributed by atoms with van der Waals surface area (Å²) in [5.41, 5.74) is 7.27. The Labute approximate surface area is 181 Å². The Balaban J connectivity index is 1.53. The largest absolute Gasteiger partial charge is 0.313 e. The average Bonchev–Trinajstić information content (AvgIpc) is 3.00. The highest BCUT2D eigenvalue weighted by Gasteiger charge is 2.30. The minimum absolute atomic E-state index is 0.559. The van der Waals surface area contributed by atoms with Gasteiger partial charge in [-0.2, -0.15) is 0 Å². The van der Waals surface area contributed by atoms with E-state index in [4.69, 9.17) is 0 Å². The van der Waals surface area contributed by atoms with Gasteiger partial charge in [-0.1, -0.05) is 48.0 Å². The van der Waals surface area contributed by atoms with Crippen LogP contribution in [0.5, 0.6) is 0 Å². The molecule has 2 unspecified atom stereocenters. The van der Waals surface area contributed by atoms with E-state index in [0.717, 1.165) is 51.9 Å². The van der Waals surface area contributed by atoms with Gasteiger partial charge in [-0.25, -0.2) is 0 Å². The van der Waals surface area contributed by atoms with Crippen LogP contribution in [-0.4, -0.2) is 30.8 Å². The number of nitrogens with zero attached hydrogens (tertiary/aromatic N) is 1. The average molecular weight is 405 g/mol. The Morgan fingerprint density at radius 2 is 2.10 bits per heavy atom. The van der Waals surface area contributed by atoms with Crippen LogP contribution in [-0.2, 0) is 24.3 Å². The molecular formula is C27H36N2O. The minimum Gasteiger partial charge on any atom is -0.313 e. The van der Waals surface area contributed by atoms with Crippen molar-refractivity contribution >= 4 is 6.29 Å². The maximum atomic E-state index is 10.9. The van der Waals surface area contributed by atoms with Crippen LogP contribution in [0.1, 0.15) is 65.8 Å². The van der Waals surface area contributed by atoms with Gasteiger partial charge in [-0.05, 0) is 86.2 Å². The number of carbonyl (C=O) groups is 1. The third kappa shape index (κ3) is 5.39. The molecule has 1 saturated heterocycles. The third-order valence-corrected chi connectivity index (χ3v) is 7.00. The maximum Gasteiger partial charge on any atom is 0.119 e. The van der Waals surface area contributed by atoms with Crippen LogP contribution in [0.2, 0.25) is 0 Å². The summed E-state index contributed by atoms with van der Waals surface area (Å²) in [6, 6.07) is 16.2. The topological polar surface area (TPSA) is 32.3 Å². The lowest BCUT2D eigenvalue weighted by Crippen LogP contribution is -2.39. The summed E-state index contributed by atoms with van der Waals surface area (Å²) in [6.07, 6.45) is 7.61. The molecule has 30 heavy (non-hydrogen) atoms. The molecule has 2 aliphatic rings. The number of hydrogen-bond acceptors (Lipinski definition) is 3. The quantitative estimate of drug-likeness (QED) is 0.520. The van der Waals surface area contributed by atoms with Gasteiger partial charge in [0.05, 0.1) is 0 Å². The smallest absolute Gasteiger partial charge is 0.119 e. The summed E-state index contributed by atoms with van der Waals surface area (Å²) in [5, 5.41) is 3.58. The Morgan fingerprint density at radius 3 is 2.97 bits per heavy atom. The predicted molar refractivity (Wildman–Crippen MR) is 124 cm³/mol. The van der Waals surface area contributed by atoms with E-state index < -0.39 is 0 Å². The highest BCUT2D eigenvalue weighted by atomic mass is 16.1. The van der Waals surface area contributed by atoms with Gasteiger partial charge >= 0.3 is 0 Å². The minimum atomic E-state index is 0.559. The Morgan fingerprint density at radius 1 is 1.17 bits per heavy atom. The van der Waals surface area contributed by atoms with E-state index in [1.165, 1.54) is 47.1 Å². The lowest BCUT2D eigenvalue weighted by Gasteiger charge is -2.39. The first-order valence-electron chi connectivity index (χ1n) is 11.8. The van der Waals surface area contributed by atoms with E-state index in [1.807, 2.05) is 0 Å². The van der Waals surface area contributed by atoms with Crippen molar-refractivity contribution in [2.45, 2.75) is 64.5 Å². The van der Waals surface area contributed by atoms with Crippen LogP contribution in [0.25, 0.3) is 0 Å². The fourth-order valence-electron chi connectivity index (χ4n) is 5.38. The highest BCUT2D eigenvalue weighted by molar-refractivity contribution is 5.49. The van der Waals surface area contributed by atoms with Gasteiger partial charge in [0.1, 0.15) is 6.29 Å². The molecule has 2 aromatic rings. The fourth-order valence-corrected chi connectivity index (χ4v) is 5.38. The van der Waals surface area contributed by atoms with E-state index in [-0.39, 0.29) is 0 Å². The molecule has 2 atom stereocenters. The molecule has 4 rings (SSSR count). The molecule has 160 valence electrons. The summed E-state index contributed by atoms with van der Waals surface area (Å²) in [4.78, 5) is 13.5. The molecule has 0 saturated carbocycles. The van der Waals surface area contributed by atoms with Crippen molar-refractivity contribution in [3.05, 3.63) is 70.3 Å². The van der Waals surface area contributed by atoms with Crippen LogP contribution >= 0.6 is 0 Å². The molecule has 0 bridgehead atoms. The first-order valence-corrected chi connectivity index (χ1v) is 11.8. The Kier molecular flexibility index (Phi) is 7.35. The molecule has 0 spiro atoms. The number of unbranched alkanes of at least 4 members (excludes halogenated alkanes) is 1. The number of hydrogen-bond donors (Lipinski definition) is 1. The van der Waals surface area contributed by atoms with Crippen LogP contribution in [0, 0.1) is 12.8 Å². The molecule has 1 fully saturated rings. The standard InChI is InChI=1S/C27H36N2O/c1-21-6-4-7-22(16-21)19-29-14-12-24(8-2-3-15-30)27(20-29)25-11-10-23-9-5-13-28-18-26(23)17-25/h4,6-7,10-11,15-17,24,27-28H,2-3,5,8-9,12-14,18-20H2,1H3. The van der Waals surface area contributed by atoms with Crippen molar-refractivity contribution < 1.29 is 4.79 Å². The number of aldehydes is 1. The van der Waals surface area contributed by atoms with Crippen molar-refractivity contribution in [3.63, 3.8) is 0 Å². The summed E-state index contributed by atoms with van der Waals surface area (Å²) in [5.74, 6) is 1.24. The van der Waals surface area contributed by atoms with Crippen molar-refractivity contribution in [3.8, 4) is 0 Å². The summed E-state index contributed by atoms with van der Waals surface area (Å²) in [6.45, 7) is 7.60. The lowest BCUT2D eigenvalue weighted by molar-refractivity contribution is -0.108. The number of nitrogens with one attached hydrogen (secondary N) is 1. The number of piperidine rings is 1. The zero-order valence-corrected chi connectivity index (χ0v) is 18.4. The molecule has 2 aromatic carbocycles. The zero-order chi connectivity index (χ0) is 20.8. The molecular weight excluding hydrogens is 368 g/mol. The van der Waals surface area contributed by atoms with Crippen LogP contribution in [0.4, 0.5) is 0 Å². The predicted octanol–water partition coefficient (Wildman–Crippen LogP) is 5.01. The van der Waals surface area contributed by atoms with Crippen LogP contribution < -0.4 is 5.32 Å². The summed E-state index contributed by atoms with van der Waals surface area (Å²) in [7, 11) is 0. The van der Waals surface area contributed by atoms with Gasteiger partial charge in [-0.3, -0.25) is 4.90 Å². The molecule has 0 aromatic heterocycles. The summed E-state index contributed by atoms with van der Waals surface area (Å²) >= 11 is 0. The van der Waals surface area contributed by atoms with Gasteiger partial charge < -0.3 is 10.1 Å². The zero-order valence-electron chi connectivity index (χ0n) is 18.4. The van der Waals surface area contributed by atoms with Crippen molar-refractivity contribution in [2.24, 2.45) is 5.92 Å². The normalized spacial score (nSPS) is 22.3. The molecule has 1 N–H and O–H groups in total. The third-order valence-electron chi connectivity index (χ3n) is 7.00. The van der Waals surface area contributed by atoms with Gasteiger partial charge in [0.15, 0.2) is 0 Å². The van der Waals surface area contributed by atoms with E-state index >= 15 is 0 Å². The number of likely N-dealkylation sites (tertiary alicyclic amines) is 1. The number of rotatable bonds is 7. The number of aryl methyl sites for hydroxylation is 2. The first-order chi connectivity index (χ1) is 14.7. The number of fused-ring (bicyclic) bond motifs is 1. The monoisotopic (exact) mass is 404 g/mol. The summed E-state index contributed by atoms with van der Waals surface area (Å²) < 4.78 is 0. The Hall–Kier alpha value is -1.97. The molecule has 2 aliphatic heterocycles. The molecule has 0 radical (unpaired) electrons. The molecule has 3 nitrogen and oxygen atoms in total. The molecule has 0 aliphatic carbocycles. The number of carbonyl (C=O) groups excluding carboxylic acids is 1.